The molecule has 0 saturated carbocycles. The number of amides is 1. The maximum Gasteiger partial charge on any atom is 0.262 e. The van der Waals surface area contributed by atoms with Crippen molar-refractivity contribution in [1.82, 2.24) is 4.98 Å². The number of carbonyl (C=O) groups excluding carboxylic acids is 1. The molecule has 7 heteroatoms. The monoisotopic (exact) mass is 460 g/mol. The average molecular weight is 461 g/mol. The zero-order chi connectivity index (χ0) is 23.4. The maximum absolute atomic E-state index is 13.4. The van der Waals surface area contributed by atoms with Crippen molar-refractivity contribution >= 4 is 23.2 Å². The van der Waals surface area contributed by atoms with Crippen LogP contribution >= 0.6 is 11.6 Å². The third kappa shape index (κ3) is 4.91. The van der Waals surface area contributed by atoms with Crippen LogP contribution in [-0.2, 0) is 6.54 Å². The van der Waals surface area contributed by atoms with Gasteiger partial charge in [-0.15, -0.1) is 0 Å². The second-order valence-electron chi connectivity index (χ2n) is 7.35. The number of hydrogen-bond acceptors (Lipinski definition) is 5. The van der Waals surface area contributed by atoms with Crippen LogP contribution in [0.3, 0.4) is 0 Å². The van der Waals surface area contributed by atoms with Gasteiger partial charge in [-0.25, -0.2) is 0 Å². The summed E-state index contributed by atoms with van der Waals surface area (Å²) in [6.45, 7) is 0.246. The summed E-state index contributed by atoms with van der Waals surface area (Å²) in [5.74, 6) is -0.157. The van der Waals surface area contributed by atoms with Crippen molar-refractivity contribution in [2.45, 2.75) is 6.54 Å². The molecule has 0 aliphatic heterocycles. The molecule has 0 spiro atoms. The Hall–Kier alpha value is -4.03. The number of anilines is 1. The van der Waals surface area contributed by atoms with Crippen LogP contribution in [0.5, 0.6) is 17.2 Å². The molecule has 0 aliphatic carbocycles. The summed E-state index contributed by atoms with van der Waals surface area (Å²) in [4.78, 5) is 19.1. The number of pyridine rings is 1. The maximum atomic E-state index is 13.4. The molecular weight excluding hydrogens is 440 g/mol. The van der Waals surface area contributed by atoms with E-state index in [2.05, 4.69) is 4.98 Å². The summed E-state index contributed by atoms with van der Waals surface area (Å²) in [6, 6.07) is 20.4. The number of phenols is 2. The predicted octanol–water partition coefficient (Wildman–Crippen LogP) is 5.67. The topological polar surface area (TPSA) is 82.9 Å². The molecule has 3 aromatic carbocycles. The summed E-state index contributed by atoms with van der Waals surface area (Å²) in [5, 5.41) is 20.4. The average Bonchev–Trinajstić information content (AvgIpc) is 2.83. The van der Waals surface area contributed by atoms with Crippen LogP contribution in [-0.4, -0.2) is 28.2 Å². The normalized spacial score (nSPS) is 10.6. The molecular formula is C26H21ClN2O4. The van der Waals surface area contributed by atoms with Gasteiger partial charge in [0, 0.05) is 29.7 Å². The molecule has 1 amide bonds. The first-order valence-corrected chi connectivity index (χ1v) is 10.5. The SMILES string of the molecule is COc1ccc(-c2ccc(N(Cc3cccnc3)C(=O)c3ccc(O)cc3O)cc2)c(Cl)c1. The van der Waals surface area contributed by atoms with Crippen molar-refractivity contribution in [3.05, 3.63) is 101 Å². The van der Waals surface area contributed by atoms with E-state index in [-0.39, 0.29) is 23.6 Å². The minimum Gasteiger partial charge on any atom is -0.508 e. The van der Waals surface area contributed by atoms with Crippen LogP contribution in [0.15, 0.2) is 85.2 Å². The molecule has 0 saturated heterocycles. The highest BCUT2D eigenvalue weighted by Crippen LogP contribution is 2.33. The lowest BCUT2D eigenvalue weighted by Crippen LogP contribution is -2.30. The van der Waals surface area contributed by atoms with Crippen LogP contribution in [0.4, 0.5) is 5.69 Å². The van der Waals surface area contributed by atoms with Gasteiger partial charge >= 0.3 is 0 Å². The van der Waals surface area contributed by atoms with E-state index in [4.69, 9.17) is 16.3 Å². The molecule has 166 valence electrons. The van der Waals surface area contributed by atoms with E-state index >= 15 is 0 Å². The van der Waals surface area contributed by atoms with E-state index in [1.165, 1.54) is 12.1 Å². The first-order chi connectivity index (χ1) is 16.0. The molecule has 0 radical (unpaired) electrons. The van der Waals surface area contributed by atoms with Crippen LogP contribution in [0.25, 0.3) is 11.1 Å². The highest BCUT2D eigenvalue weighted by molar-refractivity contribution is 6.33. The third-order valence-corrected chi connectivity index (χ3v) is 5.50. The van der Waals surface area contributed by atoms with Crippen molar-refractivity contribution in [3.63, 3.8) is 0 Å². The van der Waals surface area contributed by atoms with Gasteiger partial charge in [0.15, 0.2) is 0 Å². The summed E-state index contributed by atoms with van der Waals surface area (Å²) < 4.78 is 5.21. The second-order valence-corrected chi connectivity index (χ2v) is 7.75. The predicted molar refractivity (Wildman–Crippen MR) is 128 cm³/mol. The third-order valence-electron chi connectivity index (χ3n) is 5.19. The van der Waals surface area contributed by atoms with E-state index in [1.807, 2.05) is 42.5 Å². The number of ether oxygens (including phenoxy) is 1. The number of benzene rings is 3. The molecule has 0 fully saturated rings. The molecule has 0 aliphatic rings. The number of hydrogen-bond donors (Lipinski definition) is 2. The van der Waals surface area contributed by atoms with Crippen LogP contribution in [0.1, 0.15) is 15.9 Å². The molecule has 1 aromatic heterocycles. The second kappa shape index (κ2) is 9.63. The van der Waals surface area contributed by atoms with Gasteiger partial charge in [-0.2, -0.15) is 0 Å². The van der Waals surface area contributed by atoms with Crippen LogP contribution < -0.4 is 9.64 Å². The fourth-order valence-electron chi connectivity index (χ4n) is 3.48. The molecule has 4 rings (SSSR count). The zero-order valence-electron chi connectivity index (χ0n) is 17.8. The van der Waals surface area contributed by atoms with Crippen LogP contribution in [0.2, 0.25) is 5.02 Å². The Morgan fingerprint density at radius 1 is 1.03 bits per heavy atom. The lowest BCUT2D eigenvalue weighted by Gasteiger charge is -2.24. The molecule has 0 bridgehead atoms. The van der Waals surface area contributed by atoms with Gasteiger partial charge in [-0.1, -0.05) is 29.8 Å². The summed E-state index contributed by atoms with van der Waals surface area (Å²) in [7, 11) is 1.58. The van der Waals surface area contributed by atoms with Gasteiger partial charge in [-0.05, 0) is 59.7 Å². The van der Waals surface area contributed by atoms with Crippen molar-refractivity contribution in [1.29, 1.82) is 0 Å². The number of aromatic nitrogens is 1. The van der Waals surface area contributed by atoms with Gasteiger partial charge in [0.25, 0.3) is 5.91 Å². The Kier molecular flexibility index (Phi) is 6.47. The fraction of sp³-hybridized carbons (Fsp3) is 0.0769. The van der Waals surface area contributed by atoms with E-state index in [0.717, 1.165) is 22.8 Å². The lowest BCUT2D eigenvalue weighted by molar-refractivity contribution is 0.0982. The quantitative estimate of drug-likeness (QED) is 0.387. The summed E-state index contributed by atoms with van der Waals surface area (Å²) >= 11 is 6.41. The van der Waals surface area contributed by atoms with Gasteiger partial charge in [0.1, 0.15) is 17.2 Å². The molecule has 0 unspecified atom stereocenters. The van der Waals surface area contributed by atoms with Gasteiger partial charge in [0.2, 0.25) is 0 Å². The van der Waals surface area contributed by atoms with Crippen molar-refractivity contribution in [2.24, 2.45) is 0 Å². The first-order valence-electron chi connectivity index (χ1n) is 10.1. The Morgan fingerprint density at radius 2 is 1.82 bits per heavy atom. The molecule has 0 atom stereocenters. The number of rotatable bonds is 6. The summed E-state index contributed by atoms with van der Waals surface area (Å²) in [5.41, 5.74) is 3.26. The number of halogens is 1. The molecule has 2 N–H and O–H groups in total. The van der Waals surface area contributed by atoms with E-state index in [0.29, 0.717) is 16.5 Å². The number of nitrogens with zero attached hydrogens (tertiary/aromatic N) is 2. The Balaban J connectivity index is 1.70. The number of aromatic hydroxyl groups is 2. The van der Waals surface area contributed by atoms with Gasteiger partial charge < -0.3 is 19.8 Å². The lowest BCUT2D eigenvalue weighted by atomic mass is 10.0. The minimum absolute atomic E-state index is 0.0824. The van der Waals surface area contributed by atoms with Crippen molar-refractivity contribution < 1.29 is 19.7 Å². The number of carbonyl (C=O) groups is 1. The van der Waals surface area contributed by atoms with Crippen molar-refractivity contribution in [2.75, 3.05) is 12.0 Å². The van der Waals surface area contributed by atoms with Crippen molar-refractivity contribution in [3.8, 4) is 28.4 Å². The first kappa shape index (κ1) is 22.2. The number of methoxy groups -OCH3 is 1. The van der Waals surface area contributed by atoms with E-state index in [9.17, 15) is 15.0 Å². The molecule has 33 heavy (non-hydrogen) atoms. The van der Waals surface area contributed by atoms with Gasteiger partial charge in [0.05, 0.1) is 24.2 Å². The molecule has 6 nitrogen and oxygen atoms in total. The van der Waals surface area contributed by atoms with E-state index < -0.39 is 5.91 Å². The number of phenolic OH excluding ortho intramolecular Hbond substituents is 2. The molecule has 4 aromatic rings. The molecule has 1 heterocycles. The highest BCUT2D eigenvalue weighted by Gasteiger charge is 2.22. The Bertz CT molecular complexity index is 1280. The van der Waals surface area contributed by atoms with Gasteiger partial charge in [-0.3, -0.25) is 9.78 Å². The fourth-order valence-corrected chi connectivity index (χ4v) is 3.76. The van der Waals surface area contributed by atoms with E-state index in [1.54, 1.807) is 36.5 Å². The van der Waals surface area contributed by atoms with Crippen LogP contribution in [0, 0.1) is 0 Å². The Morgan fingerprint density at radius 3 is 2.45 bits per heavy atom. The summed E-state index contributed by atoms with van der Waals surface area (Å²) in [6.07, 6.45) is 3.34. The smallest absolute Gasteiger partial charge is 0.262 e. The Labute approximate surface area is 196 Å². The highest BCUT2D eigenvalue weighted by atomic mass is 35.5. The minimum atomic E-state index is -0.411. The zero-order valence-corrected chi connectivity index (χ0v) is 18.5. The standard InChI is InChI=1S/C26H21ClN2O4/c1-33-21-9-11-22(24(27)14-21)18-4-6-19(7-5-18)29(16-17-3-2-12-28-15-17)26(32)23-10-8-20(30)13-25(23)31/h2-15,30-31H,16H2,1H3. The largest absolute Gasteiger partial charge is 0.508 e.